The van der Waals surface area contributed by atoms with Gasteiger partial charge < -0.3 is 15.1 Å². The van der Waals surface area contributed by atoms with Gasteiger partial charge in [-0.2, -0.15) is 0 Å². The van der Waals surface area contributed by atoms with Crippen LogP contribution in [-0.2, 0) is 13.1 Å². The Balaban J connectivity index is 2.66. The minimum Gasteiger partial charge on any atom is -0.465 e. The molecule has 0 spiro atoms. The lowest BCUT2D eigenvalue weighted by atomic mass is 10.1. The summed E-state index contributed by atoms with van der Waals surface area (Å²) < 4.78 is 5.63. The van der Waals surface area contributed by atoms with Crippen LogP contribution in [-0.4, -0.2) is 43.5 Å². The number of rotatable bonds is 8. The second kappa shape index (κ2) is 7.68. The van der Waals surface area contributed by atoms with E-state index in [4.69, 9.17) is 10.2 Å². The first-order chi connectivity index (χ1) is 8.92. The highest BCUT2D eigenvalue weighted by Gasteiger charge is 2.13. The molecule has 0 aliphatic carbocycles. The van der Waals surface area contributed by atoms with Crippen molar-refractivity contribution < 1.29 is 4.42 Å². The van der Waals surface area contributed by atoms with Gasteiger partial charge in [0.05, 0.1) is 6.54 Å². The molecule has 0 saturated carbocycles. The van der Waals surface area contributed by atoms with Crippen molar-refractivity contribution >= 4 is 0 Å². The van der Waals surface area contributed by atoms with E-state index in [1.807, 2.05) is 6.92 Å². The van der Waals surface area contributed by atoms with E-state index >= 15 is 0 Å². The van der Waals surface area contributed by atoms with E-state index in [9.17, 15) is 0 Å². The number of furan rings is 1. The molecule has 1 heterocycles. The number of nitrogens with two attached hydrogens (primary N) is 1. The van der Waals surface area contributed by atoms with Gasteiger partial charge in [0.25, 0.3) is 0 Å². The van der Waals surface area contributed by atoms with Crippen molar-refractivity contribution in [2.45, 2.75) is 33.9 Å². The Morgan fingerprint density at radius 1 is 1.26 bits per heavy atom. The molecule has 19 heavy (non-hydrogen) atoms. The van der Waals surface area contributed by atoms with Gasteiger partial charge in [0.2, 0.25) is 0 Å². The largest absolute Gasteiger partial charge is 0.465 e. The molecular weight excluding hydrogens is 238 g/mol. The summed E-state index contributed by atoms with van der Waals surface area (Å²) in [5.41, 5.74) is 6.89. The van der Waals surface area contributed by atoms with Gasteiger partial charge in [0.1, 0.15) is 11.5 Å². The van der Waals surface area contributed by atoms with Crippen LogP contribution in [0.4, 0.5) is 0 Å². The highest BCUT2D eigenvalue weighted by atomic mass is 16.3. The maximum atomic E-state index is 5.63. The third-order valence-electron chi connectivity index (χ3n) is 3.15. The van der Waals surface area contributed by atoms with Crippen LogP contribution in [0.5, 0.6) is 0 Å². The molecular formula is C15H29N3O. The molecule has 1 aromatic rings. The van der Waals surface area contributed by atoms with Gasteiger partial charge in [-0.05, 0) is 33.0 Å². The molecule has 1 aromatic heterocycles. The molecule has 0 atom stereocenters. The Bertz CT molecular complexity index is 371. The summed E-state index contributed by atoms with van der Waals surface area (Å²) in [6.07, 6.45) is 0. The van der Waals surface area contributed by atoms with Crippen molar-refractivity contribution in [3.63, 3.8) is 0 Å². The highest BCUT2D eigenvalue weighted by Crippen LogP contribution is 2.17. The normalized spacial score (nSPS) is 12.1. The van der Waals surface area contributed by atoms with Gasteiger partial charge in [0.15, 0.2) is 0 Å². The third kappa shape index (κ3) is 5.76. The Labute approximate surface area is 117 Å². The second-order valence-corrected chi connectivity index (χ2v) is 5.93. The van der Waals surface area contributed by atoms with Crippen molar-refractivity contribution in [2.24, 2.45) is 11.7 Å². The number of likely N-dealkylation sites (N-methyl/N-ethyl adjacent to an activating group) is 1. The fraction of sp³-hybridized carbons (Fsp3) is 0.733. The summed E-state index contributed by atoms with van der Waals surface area (Å²) in [7, 11) is 4.23. The minimum atomic E-state index is 0.475. The molecule has 0 aliphatic heterocycles. The summed E-state index contributed by atoms with van der Waals surface area (Å²) in [5.74, 6) is 2.55. The first-order valence-electron chi connectivity index (χ1n) is 7.07. The van der Waals surface area contributed by atoms with Crippen molar-refractivity contribution in [3.8, 4) is 0 Å². The molecule has 0 amide bonds. The zero-order valence-electron chi connectivity index (χ0n) is 13.1. The van der Waals surface area contributed by atoms with E-state index in [0.29, 0.717) is 12.5 Å². The molecule has 0 saturated heterocycles. The highest BCUT2D eigenvalue weighted by molar-refractivity contribution is 5.20. The van der Waals surface area contributed by atoms with Crippen molar-refractivity contribution in [1.82, 2.24) is 9.80 Å². The molecule has 0 bridgehead atoms. The molecule has 1 rings (SSSR count). The van der Waals surface area contributed by atoms with E-state index in [1.165, 1.54) is 5.56 Å². The number of hydrogen-bond acceptors (Lipinski definition) is 4. The predicted molar refractivity (Wildman–Crippen MR) is 80.0 cm³/mol. The first-order valence-corrected chi connectivity index (χ1v) is 7.07. The Morgan fingerprint density at radius 2 is 1.95 bits per heavy atom. The standard InChI is InChI=1S/C15H29N3O/c1-12(2)10-18(7-6-17(4)5)11-14-8-15(9-16)19-13(14)3/h8,12H,6-7,9-11,16H2,1-5H3. The van der Waals surface area contributed by atoms with E-state index < -0.39 is 0 Å². The van der Waals surface area contributed by atoms with Gasteiger partial charge in [-0.1, -0.05) is 13.8 Å². The number of hydrogen-bond donors (Lipinski definition) is 1. The zero-order valence-corrected chi connectivity index (χ0v) is 13.1. The van der Waals surface area contributed by atoms with E-state index in [-0.39, 0.29) is 0 Å². The van der Waals surface area contributed by atoms with Crippen LogP contribution in [0.1, 0.15) is 30.9 Å². The van der Waals surface area contributed by atoms with Crippen LogP contribution in [0, 0.1) is 12.8 Å². The lowest BCUT2D eigenvalue weighted by molar-refractivity contribution is 0.211. The lowest BCUT2D eigenvalue weighted by Gasteiger charge is -2.25. The average molecular weight is 267 g/mol. The molecule has 0 aromatic carbocycles. The van der Waals surface area contributed by atoms with Gasteiger partial charge in [-0.25, -0.2) is 0 Å². The third-order valence-corrected chi connectivity index (χ3v) is 3.15. The molecule has 4 nitrogen and oxygen atoms in total. The maximum Gasteiger partial charge on any atom is 0.118 e. The van der Waals surface area contributed by atoms with Crippen LogP contribution >= 0.6 is 0 Å². The monoisotopic (exact) mass is 267 g/mol. The van der Waals surface area contributed by atoms with Crippen molar-refractivity contribution in [1.29, 1.82) is 0 Å². The summed E-state index contributed by atoms with van der Waals surface area (Å²) in [5, 5.41) is 0. The van der Waals surface area contributed by atoms with Crippen LogP contribution < -0.4 is 5.73 Å². The maximum absolute atomic E-state index is 5.63. The fourth-order valence-corrected chi connectivity index (χ4v) is 2.18. The van der Waals surface area contributed by atoms with Crippen molar-refractivity contribution in [3.05, 3.63) is 23.2 Å². The molecule has 0 fully saturated rings. The molecule has 0 aliphatic rings. The fourth-order valence-electron chi connectivity index (χ4n) is 2.18. The lowest BCUT2D eigenvalue weighted by Crippen LogP contribution is -2.34. The number of aryl methyl sites for hydroxylation is 1. The smallest absolute Gasteiger partial charge is 0.118 e. The van der Waals surface area contributed by atoms with Crippen LogP contribution in [0.15, 0.2) is 10.5 Å². The molecule has 2 N–H and O–H groups in total. The van der Waals surface area contributed by atoms with Crippen LogP contribution in [0.2, 0.25) is 0 Å². The summed E-state index contributed by atoms with van der Waals surface area (Å²) >= 11 is 0. The topological polar surface area (TPSA) is 45.6 Å². The van der Waals surface area contributed by atoms with Gasteiger partial charge >= 0.3 is 0 Å². The van der Waals surface area contributed by atoms with Crippen molar-refractivity contribution in [2.75, 3.05) is 33.7 Å². The van der Waals surface area contributed by atoms with E-state index in [2.05, 4.69) is 43.8 Å². The molecule has 110 valence electrons. The van der Waals surface area contributed by atoms with Gasteiger partial charge in [0, 0.05) is 31.7 Å². The predicted octanol–water partition coefficient (Wildman–Crippen LogP) is 2.07. The minimum absolute atomic E-state index is 0.475. The number of nitrogens with zero attached hydrogens (tertiary/aromatic N) is 2. The zero-order chi connectivity index (χ0) is 14.4. The Hall–Kier alpha value is -0.840. The first kappa shape index (κ1) is 16.2. The van der Waals surface area contributed by atoms with Crippen LogP contribution in [0.3, 0.4) is 0 Å². The summed E-state index contributed by atoms with van der Waals surface area (Å²) in [6, 6.07) is 2.10. The second-order valence-electron chi connectivity index (χ2n) is 5.93. The van der Waals surface area contributed by atoms with E-state index in [0.717, 1.165) is 37.7 Å². The average Bonchev–Trinajstić information content (AvgIpc) is 2.66. The SMILES string of the molecule is Cc1oc(CN)cc1CN(CCN(C)C)CC(C)C. The van der Waals surface area contributed by atoms with Gasteiger partial charge in [-0.3, -0.25) is 4.90 Å². The molecule has 0 radical (unpaired) electrons. The summed E-state index contributed by atoms with van der Waals surface area (Å²) in [6.45, 7) is 11.2. The van der Waals surface area contributed by atoms with Gasteiger partial charge in [-0.15, -0.1) is 0 Å². The Morgan fingerprint density at radius 3 is 2.42 bits per heavy atom. The molecule has 0 unspecified atom stereocenters. The van der Waals surface area contributed by atoms with E-state index in [1.54, 1.807) is 0 Å². The quantitative estimate of drug-likeness (QED) is 0.783. The van der Waals surface area contributed by atoms with Crippen LogP contribution in [0.25, 0.3) is 0 Å². The Kier molecular flexibility index (Phi) is 6.55. The summed E-state index contributed by atoms with van der Waals surface area (Å²) in [4.78, 5) is 4.71. The molecule has 4 heteroatoms.